The van der Waals surface area contributed by atoms with Crippen LogP contribution in [-0.2, 0) is 0 Å². The molecule has 2 rings (SSSR count). The molecule has 11 heavy (non-hydrogen) atoms. The average molecular weight is 145 g/mol. The first-order valence-electron chi connectivity index (χ1n) is 3.36. The highest BCUT2D eigenvalue weighted by Gasteiger charge is 2.01. The monoisotopic (exact) mass is 145 g/mol. The van der Waals surface area contributed by atoms with Crippen molar-refractivity contribution in [3.05, 3.63) is 30.3 Å². The Balaban J connectivity index is 2.69. The maximum atomic E-state index is 8.62. The van der Waals surface area contributed by atoms with E-state index < -0.39 is 0 Å². The van der Waals surface area contributed by atoms with Crippen molar-refractivity contribution in [2.75, 3.05) is 0 Å². The highest BCUT2D eigenvalue weighted by Crippen LogP contribution is 2.11. The van der Waals surface area contributed by atoms with Gasteiger partial charge < -0.3 is 9.44 Å². The van der Waals surface area contributed by atoms with E-state index in [1.165, 1.54) is 0 Å². The zero-order valence-electron chi connectivity index (χ0n) is 5.82. The van der Waals surface area contributed by atoms with Crippen LogP contribution in [0.3, 0.4) is 0 Å². The fourth-order valence-corrected chi connectivity index (χ4v) is 1.07. The largest absolute Gasteiger partial charge is 0.469 e. The van der Waals surface area contributed by atoms with Gasteiger partial charge in [0.15, 0.2) is 0 Å². The Morgan fingerprint density at radius 3 is 2.82 bits per heavy atom. The Kier molecular flexibility index (Phi) is 1.44. The van der Waals surface area contributed by atoms with Gasteiger partial charge in [-0.3, -0.25) is 0 Å². The molecule has 0 saturated heterocycles. The van der Waals surface area contributed by atoms with E-state index in [1.54, 1.807) is 6.07 Å². The van der Waals surface area contributed by atoms with Gasteiger partial charge in [-0.15, -0.1) is 0 Å². The van der Waals surface area contributed by atoms with Crippen LogP contribution in [0.25, 0.3) is 11.0 Å². The summed E-state index contributed by atoms with van der Waals surface area (Å²) in [4.78, 5) is 0. The van der Waals surface area contributed by atoms with E-state index in [0.717, 1.165) is 18.5 Å². The highest BCUT2D eigenvalue weighted by atomic mass is 16.3. The van der Waals surface area contributed by atoms with Gasteiger partial charge in [0.25, 0.3) is 0 Å². The standard InChI is InChI=1S/C8H6BO2/c10-9-8-5-6-3-1-2-4-7(6)11-8/h1-5,10H. The van der Waals surface area contributed by atoms with Crippen molar-refractivity contribution in [1.29, 1.82) is 0 Å². The molecule has 1 heterocycles. The Hall–Kier alpha value is -1.22. The van der Waals surface area contributed by atoms with E-state index in [2.05, 4.69) is 0 Å². The molecule has 1 radical (unpaired) electrons. The lowest BCUT2D eigenvalue weighted by Crippen LogP contribution is -2.08. The molecule has 1 aromatic carbocycles. The molecule has 0 saturated carbocycles. The molecule has 1 aromatic heterocycles. The van der Waals surface area contributed by atoms with E-state index in [-0.39, 0.29) is 0 Å². The van der Waals surface area contributed by atoms with Gasteiger partial charge in [-0.1, -0.05) is 18.2 Å². The second kappa shape index (κ2) is 2.44. The smallest absolute Gasteiger partial charge is 0.373 e. The Morgan fingerprint density at radius 2 is 2.09 bits per heavy atom. The number of benzene rings is 1. The molecule has 1 N–H and O–H groups in total. The predicted octanol–water partition coefficient (Wildman–Crippen LogP) is 0.670. The summed E-state index contributed by atoms with van der Waals surface area (Å²) in [6.07, 6.45) is 0. The van der Waals surface area contributed by atoms with Gasteiger partial charge in [-0.05, 0) is 12.1 Å². The van der Waals surface area contributed by atoms with Crippen LogP contribution in [0.5, 0.6) is 0 Å². The fourth-order valence-electron chi connectivity index (χ4n) is 1.07. The maximum Gasteiger partial charge on any atom is 0.373 e. The van der Waals surface area contributed by atoms with Crippen LogP contribution < -0.4 is 5.66 Å². The molecule has 0 aliphatic heterocycles. The van der Waals surface area contributed by atoms with E-state index in [1.807, 2.05) is 24.3 Å². The quantitative estimate of drug-likeness (QED) is 0.598. The molecule has 0 amide bonds. The first-order chi connectivity index (χ1) is 5.40. The molecule has 2 nitrogen and oxygen atoms in total. The topological polar surface area (TPSA) is 33.4 Å². The molecule has 3 heteroatoms. The third-order valence-corrected chi connectivity index (χ3v) is 1.57. The van der Waals surface area contributed by atoms with Gasteiger partial charge in [-0.25, -0.2) is 0 Å². The molecule has 2 aromatic rings. The molecule has 0 unspecified atom stereocenters. The predicted molar refractivity (Wildman–Crippen MR) is 43.8 cm³/mol. The van der Waals surface area contributed by atoms with Crippen LogP contribution in [0.1, 0.15) is 0 Å². The molecule has 0 bridgehead atoms. The van der Waals surface area contributed by atoms with Gasteiger partial charge in [0.1, 0.15) is 5.58 Å². The Bertz CT molecular complexity index is 334. The molecule has 0 spiro atoms. The summed E-state index contributed by atoms with van der Waals surface area (Å²) in [5, 5.41) is 9.63. The second-order valence-electron chi connectivity index (χ2n) is 2.32. The molecular formula is C8H6BO2. The summed E-state index contributed by atoms with van der Waals surface area (Å²) >= 11 is 0. The van der Waals surface area contributed by atoms with Crippen LogP contribution in [0, 0.1) is 0 Å². The summed E-state index contributed by atoms with van der Waals surface area (Å²) in [5.41, 5.74) is 1.29. The number of para-hydroxylation sites is 1. The molecular weight excluding hydrogens is 139 g/mol. The van der Waals surface area contributed by atoms with E-state index >= 15 is 0 Å². The minimum atomic E-state index is 0.492. The lowest BCUT2D eigenvalue weighted by atomic mass is 9.98. The first kappa shape index (κ1) is 6.49. The van der Waals surface area contributed by atoms with Crippen LogP contribution >= 0.6 is 0 Å². The van der Waals surface area contributed by atoms with Crippen LogP contribution in [0.15, 0.2) is 34.7 Å². The fraction of sp³-hybridized carbons (Fsp3) is 0. The molecule has 0 aliphatic carbocycles. The summed E-state index contributed by atoms with van der Waals surface area (Å²) < 4.78 is 5.21. The van der Waals surface area contributed by atoms with Crippen molar-refractivity contribution in [1.82, 2.24) is 0 Å². The number of hydrogen-bond acceptors (Lipinski definition) is 2. The molecule has 0 fully saturated rings. The normalized spacial score (nSPS) is 10.3. The Labute approximate surface area is 64.7 Å². The number of rotatable bonds is 1. The first-order valence-corrected chi connectivity index (χ1v) is 3.36. The van der Waals surface area contributed by atoms with Gasteiger partial charge in [0.2, 0.25) is 0 Å². The van der Waals surface area contributed by atoms with E-state index in [0.29, 0.717) is 5.66 Å². The van der Waals surface area contributed by atoms with Crippen LogP contribution in [0.4, 0.5) is 0 Å². The van der Waals surface area contributed by atoms with E-state index in [9.17, 15) is 0 Å². The number of hydrogen-bond donors (Lipinski definition) is 1. The third kappa shape index (κ3) is 1.03. The van der Waals surface area contributed by atoms with Crippen molar-refractivity contribution in [2.24, 2.45) is 0 Å². The van der Waals surface area contributed by atoms with Gasteiger partial charge >= 0.3 is 7.48 Å². The van der Waals surface area contributed by atoms with Crippen molar-refractivity contribution >= 4 is 24.1 Å². The molecule has 0 aliphatic rings. The van der Waals surface area contributed by atoms with Crippen molar-refractivity contribution in [2.45, 2.75) is 0 Å². The lowest BCUT2D eigenvalue weighted by Gasteiger charge is -1.82. The summed E-state index contributed by atoms with van der Waals surface area (Å²) in [5.74, 6) is 0. The minimum absolute atomic E-state index is 0.492. The molecule has 53 valence electrons. The lowest BCUT2D eigenvalue weighted by molar-refractivity contribution is 0.584. The molecule has 0 atom stereocenters. The maximum absolute atomic E-state index is 8.62. The second-order valence-corrected chi connectivity index (χ2v) is 2.32. The Morgan fingerprint density at radius 1 is 1.27 bits per heavy atom. The summed E-state index contributed by atoms with van der Waals surface area (Å²) in [6, 6.07) is 9.41. The van der Waals surface area contributed by atoms with Crippen molar-refractivity contribution in [3.63, 3.8) is 0 Å². The van der Waals surface area contributed by atoms with Crippen molar-refractivity contribution in [3.8, 4) is 0 Å². The zero-order valence-corrected chi connectivity index (χ0v) is 5.82. The summed E-state index contributed by atoms with van der Waals surface area (Å²) in [6.45, 7) is 0. The zero-order chi connectivity index (χ0) is 7.68. The number of furan rings is 1. The highest BCUT2D eigenvalue weighted by molar-refractivity contribution is 6.44. The average Bonchev–Trinajstić information content (AvgIpc) is 2.46. The van der Waals surface area contributed by atoms with Gasteiger partial charge in [0, 0.05) is 5.39 Å². The van der Waals surface area contributed by atoms with Gasteiger partial charge in [-0.2, -0.15) is 0 Å². The van der Waals surface area contributed by atoms with Crippen LogP contribution in [-0.4, -0.2) is 12.5 Å². The minimum Gasteiger partial charge on any atom is -0.469 e. The van der Waals surface area contributed by atoms with Gasteiger partial charge in [0.05, 0.1) is 5.66 Å². The third-order valence-electron chi connectivity index (χ3n) is 1.57. The van der Waals surface area contributed by atoms with E-state index in [4.69, 9.17) is 9.44 Å². The SMILES string of the molecule is O[B]c1cc2ccccc2o1. The summed E-state index contributed by atoms with van der Waals surface area (Å²) in [7, 11) is 0.958. The van der Waals surface area contributed by atoms with Crippen molar-refractivity contribution < 1.29 is 9.44 Å². The number of fused-ring (bicyclic) bond motifs is 1. The van der Waals surface area contributed by atoms with Crippen LogP contribution in [0.2, 0.25) is 0 Å².